The van der Waals surface area contributed by atoms with E-state index in [0.717, 1.165) is 11.1 Å². The predicted molar refractivity (Wildman–Crippen MR) is 110 cm³/mol. The molecule has 1 aliphatic rings. The summed E-state index contributed by atoms with van der Waals surface area (Å²) in [4.78, 5) is 24.9. The minimum absolute atomic E-state index is 0.0206. The summed E-state index contributed by atoms with van der Waals surface area (Å²) in [5.74, 6) is -0.376. The summed E-state index contributed by atoms with van der Waals surface area (Å²) in [6.45, 7) is 0. The third-order valence-electron chi connectivity index (χ3n) is 5.83. The number of Topliss-reactive ketones (excluding diaryl/α,β-unsaturated/α-hetero) is 1. The van der Waals surface area contributed by atoms with Crippen molar-refractivity contribution < 1.29 is 19.4 Å². The van der Waals surface area contributed by atoms with Crippen LogP contribution in [0.1, 0.15) is 50.1 Å². The summed E-state index contributed by atoms with van der Waals surface area (Å²) in [6, 6.07) is 24.1. The van der Waals surface area contributed by atoms with Crippen LogP contribution in [0.25, 0.3) is 0 Å². The summed E-state index contributed by atoms with van der Waals surface area (Å²) >= 11 is 0. The largest absolute Gasteiger partial charge is 0.507 e. The molecule has 1 aliphatic carbocycles. The van der Waals surface area contributed by atoms with Crippen LogP contribution in [0.3, 0.4) is 0 Å². The standard InChI is InChI=1S/C25H22O4/c1-29-25(28)18-13-11-16(12-14-18)20-15-21(23(20)17-7-3-2-4-8-17)24(27)19-9-5-6-10-22(19)26/h2-14,20-21,23,26H,15H2,1H3/t20-,21?,23-/m1/s1. The number of benzene rings is 3. The monoisotopic (exact) mass is 386 g/mol. The summed E-state index contributed by atoms with van der Waals surface area (Å²) in [6.07, 6.45) is 0.699. The molecule has 1 saturated carbocycles. The molecule has 1 N–H and O–H groups in total. The topological polar surface area (TPSA) is 63.6 Å². The summed E-state index contributed by atoms with van der Waals surface area (Å²) in [5.41, 5.74) is 3.08. The van der Waals surface area contributed by atoms with Crippen molar-refractivity contribution in [1.82, 2.24) is 0 Å². The number of carbonyl (C=O) groups is 2. The smallest absolute Gasteiger partial charge is 0.337 e. The number of hydrogen-bond donors (Lipinski definition) is 1. The van der Waals surface area contributed by atoms with Crippen molar-refractivity contribution in [3.63, 3.8) is 0 Å². The lowest BCUT2D eigenvalue weighted by molar-refractivity contribution is 0.0600. The Balaban J connectivity index is 1.65. The second-order valence-corrected chi connectivity index (χ2v) is 7.38. The van der Waals surface area contributed by atoms with Gasteiger partial charge in [0.15, 0.2) is 5.78 Å². The Kier molecular flexibility index (Phi) is 5.17. The number of hydrogen-bond acceptors (Lipinski definition) is 4. The second-order valence-electron chi connectivity index (χ2n) is 7.38. The molecule has 146 valence electrons. The summed E-state index contributed by atoms with van der Waals surface area (Å²) in [7, 11) is 1.36. The fraction of sp³-hybridized carbons (Fsp3) is 0.200. The first-order valence-electron chi connectivity index (χ1n) is 9.65. The summed E-state index contributed by atoms with van der Waals surface area (Å²) in [5, 5.41) is 10.1. The van der Waals surface area contributed by atoms with Crippen LogP contribution in [0.15, 0.2) is 78.9 Å². The van der Waals surface area contributed by atoms with E-state index < -0.39 is 0 Å². The zero-order valence-electron chi connectivity index (χ0n) is 16.1. The van der Waals surface area contributed by atoms with Gasteiger partial charge in [-0.1, -0.05) is 54.6 Å². The highest BCUT2D eigenvalue weighted by Crippen LogP contribution is 2.54. The van der Waals surface area contributed by atoms with Gasteiger partial charge in [-0.2, -0.15) is 0 Å². The second kappa shape index (κ2) is 7.92. The molecule has 0 radical (unpaired) electrons. The van der Waals surface area contributed by atoms with Gasteiger partial charge >= 0.3 is 5.97 Å². The van der Waals surface area contributed by atoms with E-state index in [-0.39, 0.29) is 35.3 Å². The quantitative estimate of drug-likeness (QED) is 0.498. The molecule has 1 unspecified atom stereocenters. The number of phenolic OH excluding ortho intramolecular Hbond substituents is 1. The zero-order chi connectivity index (χ0) is 20.4. The maximum Gasteiger partial charge on any atom is 0.337 e. The van der Waals surface area contributed by atoms with Gasteiger partial charge < -0.3 is 9.84 Å². The first-order valence-corrected chi connectivity index (χ1v) is 9.65. The molecule has 0 amide bonds. The first kappa shape index (κ1) is 18.9. The first-order chi connectivity index (χ1) is 14.1. The summed E-state index contributed by atoms with van der Waals surface area (Å²) < 4.78 is 4.77. The normalized spacial score (nSPS) is 20.5. The molecular formula is C25H22O4. The minimum atomic E-state index is -0.364. The van der Waals surface area contributed by atoms with E-state index in [0.29, 0.717) is 17.5 Å². The Hall–Kier alpha value is -3.40. The molecular weight excluding hydrogens is 364 g/mol. The van der Waals surface area contributed by atoms with Crippen molar-refractivity contribution >= 4 is 11.8 Å². The highest BCUT2D eigenvalue weighted by molar-refractivity contribution is 6.01. The number of ether oxygens (including phenoxy) is 1. The molecule has 0 heterocycles. The lowest BCUT2D eigenvalue weighted by Gasteiger charge is -2.45. The van der Waals surface area contributed by atoms with Crippen molar-refractivity contribution in [3.8, 4) is 5.75 Å². The number of aromatic hydroxyl groups is 1. The Bertz CT molecular complexity index is 1020. The van der Waals surface area contributed by atoms with Crippen molar-refractivity contribution in [2.45, 2.75) is 18.3 Å². The number of methoxy groups -OCH3 is 1. The third kappa shape index (κ3) is 3.54. The molecule has 4 heteroatoms. The van der Waals surface area contributed by atoms with Gasteiger partial charge in [0.25, 0.3) is 0 Å². The maximum absolute atomic E-state index is 13.2. The average molecular weight is 386 g/mol. The van der Waals surface area contributed by atoms with Gasteiger partial charge in [0.2, 0.25) is 0 Å². The Labute approximate surface area is 169 Å². The highest BCUT2D eigenvalue weighted by Gasteiger charge is 2.46. The number of rotatable bonds is 5. The molecule has 3 aromatic carbocycles. The fourth-order valence-electron chi connectivity index (χ4n) is 4.27. The van der Waals surface area contributed by atoms with Gasteiger partial charge in [0.1, 0.15) is 5.75 Å². The van der Waals surface area contributed by atoms with Crippen LogP contribution >= 0.6 is 0 Å². The number of ketones is 1. The van der Waals surface area contributed by atoms with Crippen molar-refractivity contribution in [3.05, 3.63) is 101 Å². The predicted octanol–water partition coefficient (Wildman–Crippen LogP) is 4.95. The zero-order valence-corrected chi connectivity index (χ0v) is 16.1. The van der Waals surface area contributed by atoms with Crippen molar-refractivity contribution in [2.75, 3.05) is 7.11 Å². The van der Waals surface area contributed by atoms with Gasteiger partial charge in [-0.3, -0.25) is 4.79 Å². The molecule has 3 atom stereocenters. The van der Waals surface area contributed by atoms with E-state index in [1.165, 1.54) is 7.11 Å². The van der Waals surface area contributed by atoms with Crippen LogP contribution in [0.4, 0.5) is 0 Å². The lowest BCUT2D eigenvalue weighted by Crippen LogP contribution is -2.38. The lowest BCUT2D eigenvalue weighted by atomic mass is 9.57. The van der Waals surface area contributed by atoms with E-state index in [9.17, 15) is 14.7 Å². The van der Waals surface area contributed by atoms with E-state index in [1.54, 1.807) is 36.4 Å². The molecule has 1 fully saturated rings. The van der Waals surface area contributed by atoms with E-state index >= 15 is 0 Å². The number of esters is 1. The van der Waals surface area contributed by atoms with Gasteiger partial charge in [-0.25, -0.2) is 4.79 Å². The van der Waals surface area contributed by atoms with Crippen molar-refractivity contribution in [1.29, 1.82) is 0 Å². The highest BCUT2D eigenvalue weighted by atomic mass is 16.5. The molecule has 0 saturated heterocycles. The average Bonchev–Trinajstić information content (AvgIpc) is 2.74. The van der Waals surface area contributed by atoms with E-state index in [1.807, 2.05) is 42.5 Å². The SMILES string of the molecule is COC(=O)c1ccc([C@H]2CC(C(=O)c3ccccc3O)[C@@H]2c2ccccc2)cc1. The number of carbonyl (C=O) groups excluding carboxylic acids is 2. The third-order valence-corrected chi connectivity index (χ3v) is 5.83. The molecule has 29 heavy (non-hydrogen) atoms. The van der Waals surface area contributed by atoms with Crippen LogP contribution in [0, 0.1) is 5.92 Å². The molecule has 4 nitrogen and oxygen atoms in total. The van der Waals surface area contributed by atoms with Gasteiger partial charge in [-0.15, -0.1) is 0 Å². The maximum atomic E-state index is 13.2. The van der Waals surface area contributed by atoms with Crippen molar-refractivity contribution in [2.24, 2.45) is 5.92 Å². The van der Waals surface area contributed by atoms with Crippen LogP contribution in [0.2, 0.25) is 0 Å². The Morgan fingerprint density at radius 1 is 0.862 bits per heavy atom. The van der Waals surface area contributed by atoms with E-state index in [4.69, 9.17) is 4.74 Å². The Morgan fingerprint density at radius 3 is 2.17 bits per heavy atom. The number of para-hydroxylation sites is 1. The minimum Gasteiger partial charge on any atom is -0.507 e. The fourth-order valence-corrected chi connectivity index (χ4v) is 4.27. The Morgan fingerprint density at radius 2 is 1.52 bits per heavy atom. The van der Waals surface area contributed by atoms with Gasteiger partial charge in [-0.05, 0) is 47.7 Å². The molecule has 3 aromatic rings. The van der Waals surface area contributed by atoms with Crippen LogP contribution in [0.5, 0.6) is 5.75 Å². The molecule has 0 spiro atoms. The molecule has 0 aliphatic heterocycles. The number of phenols is 1. The molecule has 4 rings (SSSR count). The molecule has 0 bridgehead atoms. The van der Waals surface area contributed by atoms with Gasteiger partial charge in [0.05, 0.1) is 18.2 Å². The van der Waals surface area contributed by atoms with Gasteiger partial charge in [0, 0.05) is 11.8 Å². The van der Waals surface area contributed by atoms with Crippen LogP contribution in [-0.2, 0) is 4.74 Å². The van der Waals surface area contributed by atoms with Crippen LogP contribution < -0.4 is 0 Å². The molecule has 0 aromatic heterocycles. The van der Waals surface area contributed by atoms with E-state index in [2.05, 4.69) is 0 Å². The van der Waals surface area contributed by atoms with Crippen LogP contribution in [-0.4, -0.2) is 24.0 Å².